The Labute approximate surface area is 210 Å². The van der Waals surface area contributed by atoms with Crippen molar-refractivity contribution in [1.29, 1.82) is 0 Å². The van der Waals surface area contributed by atoms with E-state index in [2.05, 4.69) is 54.4 Å². The van der Waals surface area contributed by atoms with E-state index in [1.807, 2.05) is 18.2 Å². The molecule has 0 saturated carbocycles. The Morgan fingerprint density at radius 2 is 1.94 bits per heavy atom. The number of fused-ring (bicyclic) bond motifs is 1. The fourth-order valence-electron chi connectivity index (χ4n) is 5.04. The van der Waals surface area contributed by atoms with Gasteiger partial charge in [-0.15, -0.1) is 0 Å². The predicted molar refractivity (Wildman–Crippen MR) is 140 cm³/mol. The molecule has 3 aromatic rings. The predicted octanol–water partition coefficient (Wildman–Crippen LogP) is 5.37. The maximum Gasteiger partial charge on any atom is 0.221 e. The topological polar surface area (TPSA) is 71.5 Å². The highest BCUT2D eigenvalue weighted by molar-refractivity contribution is 7.17. The summed E-state index contributed by atoms with van der Waals surface area (Å²) in [6.45, 7) is 7.86. The number of thiazole rings is 1. The lowest BCUT2D eigenvalue weighted by Crippen LogP contribution is -2.46. The van der Waals surface area contributed by atoms with Gasteiger partial charge in [0, 0.05) is 25.6 Å². The van der Waals surface area contributed by atoms with Crippen molar-refractivity contribution in [1.82, 2.24) is 4.98 Å². The Morgan fingerprint density at radius 3 is 2.74 bits per heavy atom. The Balaban J connectivity index is 1.37. The number of hydrogen-bond acceptors (Lipinski definition) is 6. The molecule has 6 nitrogen and oxygen atoms in total. The monoisotopic (exact) mass is 489 g/mol. The molecule has 1 N–H and O–H groups in total. The van der Waals surface area contributed by atoms with Crippen molar-refractivity contribution < 1.29 is 14.3 Å². The largest absolute Gasteiger partial charge is 0.377 e. The Hall–Kier alpha value is -3.03. The minimum atomic E-state index is -0.0811. The van der Waals surface area contributed by atoms with Gasteiger partial charge in [0.2, 0.25) is 5.91 Å². The van der Waals surface area contributed by atoms with E-state index >= 15 is 0 Å². The molecule has 7 heteroatoms. The molecule has 182 valence electrons. The number of benzene rings is 2. The number of rotatable bonds is 5. The van der Waals surface area contributed by atoms with Gasteiger partial charge in [-0.3, -0.25) is 9.59 Å². The molecule has 1 amide bonds. The zero-order valence-electron chi connectivity index (χ0n) is 20.5. The van der Waals surface area contributed by atoms with Crippen molar-refractivity contribution in [3.8, 4) is 11.1 Å². The van der Waals surface area contributed by atoms with E-state index in [4.69, 9.17) is 9.72 Å². The third-order valence-electron chi connectivity index (χ3n) is 6.61. The number of ketones is 1. The molecule has 1 saturated heterocycles. The molecule has 1 fully saturated rings. The first kappa shape index (κ1) is 23.7. The maximum absolute atomic E-state index is 12.7. The summed E-state index contributed by atoms with van der Waals surface area (Å²) in [4.78, 5) is 32.3. The van der Waals surface area contributed by atoms with Gasteiger partial charge in [-0.05, 0) is 47.1 Å². The Bertz CT molecular complexity index is 1270. The quantitative estimate of drug-likeness (QED) is 0.522. The lowest BCUT2D eigenvalue weighted by Gasteiger charge is -2.35. The van der Waals surface area contributed by atoms with E-state index in [0.717, 1.165) is 51.9 Å². The van der Waals surface area contributed by atoms with Gasteiger partial charge < -0.3 is 15.0 Å². The van der Waals surface area contributed by atoms with Crippen molar-refractivity contribution in [3.05, 3.63) is 64.7 Å². The zero-order chi connectivity index (χ0) is 24.6. The third kappa shape index (κ3) is 5.31. The van der Waals surface area contributed by atoms with E-state index in [1.54, 1.807) is 11.3 Å². The first-order valence-electron chi connectivity index (χ1n) is 12.1. The summed E-state index contributed by atoms with van der Waals surface area (Å²) in [5, 5.41) is 3.79. The van der Waals surface area contributed by atoms with Crippen LogP contribution in [-0.4, -0.2) is 42.5 Å². The number of hydrogen-bond donors (Lipinski definition) is 1. The highest BCUT2D eigenvalue weighted by Crippen LogP contribution is 2.40. The number of aromatic nitrogens is 1. The highest BCUT2D eigenvalue weighted by atomic mass is 32.1. The van der Waals surface area contributed by atoms with Crippen LogP contribution >= 0.6 is 11.3 Å². The van der Waals surface area contributed by atoms with Crippen molar-refractivity contribution in [2.75, 3.05) is 30.0 Å². The van der Waals surface area contributed by atoms with E-state index in [-0.39, 0.29) is 23.1 Å². The second-order valence-corrected chi connectivity index (χ2v) is 11.3. The van der Waals surface area contributed by atoms with Crippen LogP contribution in [0.5, 0.6) is 0 Å². The SMILES string of the molecule is CC(=O)Nc1cccc(-c2cccc(C[C@H]3COCCN3c3nc4c(s3)C(=O)CC(C)(C)C4)c2)c1. The van der Waals surface area contributed by atoms with Crippen LogP contribution in [-0.2, 0) is 22.4 Å². The van der Waals surface area contributed by atoms with Crippen LogP contribution in [0.3, 0.4) is 0 Å². The molecule has 35 heavy (non-hydrogen) atoms. The van der Waals surface area contributed by atoms with Crippen LogP contribution in [0.25, 0.3) is 11.1 Å². The Kier molecular flexibility index (Phi) is 6.47. The first-order chi connectivity index (χ1) is 16.8. The number of anilines is 2. The summed E-state index contributed by atoms with van der Waals surface area (Å²) in [6.07, 6.45) is 2.26. The van der Waals surface area contributed by atoms with Gasteiger partial charge in [-0.2, -0.15) is 0 Å². The summed E-state index contributed by atoms with van der Waals surface area (Å²) in [6, 6.07) is 16.6. The fraction of sp³-hybridized carbons (Fsp3) is 0.393. The van der Waals surface area contributed by atoms with Crippen molar-refractivity contribution in [2.45, 2.75) is 46.1 Å². The van der Waals surface area contributed by atoms with Crippen LogP contribution < -0.4 is 10.2 Å². The van der Waals surface area contributed by atoms with Crippen molar-refractivity contribution in [3.63, 3.8) is 0 Å². The van der Waals surface area contributed by atoms with Gasteiger partial charge in [0.15, 0.2) is 10.9 Å². The van der Waals surface area contributed by atoms with E-state index < -0.39 is 0 Å². The first-order valence-corrected chi connectivity index (χ1v) is 12.9. The number of morpholine rings is 1. The molecular formula is C28H31N3O3S. The number of Topliss-reactive ketones (excluding diaryl/α,β-unsaturated/α-hetero) is 1. The summed E-state index contributed by atoms with van der Waals surface area (Å²) in [5.41, 5.74) is 5.10. The highest BCUT2D eigenvalue weighted by Gasteiger charge is 2.36. The second-order valence-electron chi connectivity index (χ2n) is 10.3. The van der Waals surface area contributed by atoms with Gasteiger partial charge >= 0.3 is 0 Å². The number of amides is 1. The molecule has 1 aromatic heterocycles. The van der Waals surface area contributed by atoms with Crippen LogP contribution in [0.2, 0.25) is 0 Å². The van der Waals surface area contributed by atoms with Crippen LogP contribution in [0.15, 0.2) is 48.5 Å². The molecule has 0 spiro atoms. The molecule has 1 aliphatic heterocycles. The molecule has 0 bridgehead atoms. The van der Waals surface area contributed by atoms with Gasteiger partial charge in [0.05, 0.1) is 29.8 Å². The second kappa shape index (κ2) is 9.55. The van der Waals surface area contributed by atoms with Crippen LogP contribution in [0.1, 0.15) is 48.1 Å². The lowest BCUT2D eigenvalue weighted by atomic mass is 9.78. The molecule has 1 aliphatic carbocycles. The molecule has 5 rings (SSSR count). The minimum Gasteiger partial charge on any atom is -0.377 e. The summed E-state index contributed by atoms with van der Waals surface area (Å²) in [7, 11) is 0. The molecule has 0 radical (unpaired) electrons. The number of ether oxygens (including phenoxy) is 1. The van der Waals surface area contributed by atoms with Gasteiger partial charge in [-0.25, -0.2) is 4.98 Å². The summed E-state index contributed by atoms with van der Waals surface area (Å²) < 4.78 is 5.86. The summed E-state index contributed by atoms with van der Waals surface area (Å²) in [5.74, 6) is 0.140. The average molecular weight is 490 g/mol. The fourth-order valence-corrected chi connectivity index (χ4v) is 6.15. The van der Waals surface area contributed by atoms with E-state index in [1.165, 1.54) is 12.5 Å². The molecule has 0 unspecified atom stereocenters. The van der Waals surface area contributed by atoms with Gasteiger partial charge in [-0.1, -0.05) is 61.6 Å². The maximum atomic E-state index is 12.7. The standard InChI is InChI=1S/C28H31N3O3S/c1-18(32)29-22-9-5-8-21(14-22)20-7-4-6-19(12-20)13-23-17-34-11-10-31(23)27-30-24-15-28(2,3)16-25(33)26(24)35-27/h4-9,12,14,23H,10-11,13,15-17H2,1-3H3,(H,29,32)/t23-/m0/s1. The number of carbonyl (C=O) groups is 2. The molecular weight excluding hydrogens is 458 g/mol. The molecule has 2 aliphatic rings. The van der Waals surface area contributed by atoms with E-state index in [9.17, 15) is 9.59 Å². The number of nitrogens with one attached hydrogen (secondary N) is 1. The van der Waals surface area contributed by atoms with Crippen LogP contribution in [0, 0.1) is 5.41 Å². The third-order valence-corrected chi connectivity index (χ3v) is 7.79. The van der Waals surface area contributed by atoms with Crippen molar-refractivity contribution >= 4 is 33.8 Å². The summed E-state index contributed by atoms with van der Waals surface area (Å²) >= 11 is 1.55. The minimum absolute atomic E-state index is 0.0302. The Morgan fingerprint density at radius 1 is 1.17 bits per heavy atom. The van der Waals surface area contributed by atoms with Gasteiger partial charge in [0.25, 0.3) is 0 Å². The average Bonchev–Trinajstić information content (AvgIpc) is 3.22. The molecule has 2 heterocycles. The number of nitrogens with zero attached hydrogens (tertiary/aromatic N) is 2. The number of carbonyl (C=O) groups excluding carboxylic acids is 2. The normalized spacial score (nSPS) is 19.3. The van der Waals surface area contributed by atoms with Crippen LogP contribution in [0.4, 0.5) is 10.8 Å². The smallest absolute Gasteiger partial charge is 0.221 e. The molecule has 1 atom stereocenters. The van der Waals surface area contributed by atoms with Gasteiger partial charge in [0.1, 0.15) is 0 Å². The molecule has 2 aromatic carbocycles. The van der Waals surface area contributed by atoms with E-state index in [0.29, 0.717) is 19.6 Å². The van der Waals surface area contributed by atoms with Crippen molar-refractivity contribution in [2.24, 2.45) is 5.41 Å². The lowest BCUT2D eigenvalue weighted by molar-refractivity contribution is -0.114. The zero-order valence-corrected chi connectivity index (χ0v) is 21.3.